The fraction of sp³-hybridized carbons (Fsp3) is 0.625. The van der Waals surface area contributed by atoms with Gasteiger partial charge in [-0.15, -0.1) is 5.10 Å². The number of nitrogens with zero attached hydrogens (tertiary/aromatic N) is 2. The van der Waals surface area contributed by atoms with Gasteiger partial charge < -0.3 is 10.4 Å². The Hall–Kier alpha value is -1.01. The maximum atomic E-state index is 11.5. The molecule has 0 aliphatic rings. The molecule has 0 saturated heterocycles. The standard InChI is InChI=1S/C8H13N3O2S/c1-8(2,3-4-12)9-7(13)6-5-14-11-10-6/h5,12H,3-4H2,1-2H3,(H,9,13). The third-order valence-corrected chi connectivity index (χ3v) is 2.29. The molecule has 5 nitrogen and oxygen atoms in total. The predicted molar refractivity (Wildman–Crippen MR) is 53.2 cm³/mol. The van der Waals surface area contributed by atoms with Crippen molar-refractivity contribution in [3.8, 4) is 0 Å². The van der Waals surface area contributed by atoms with Gasteiger partial charge in [0, 0.05) is 17.5 Å². The van der Waals surface area contributed by atoms with Crippen LogP contribution in [0.15, 0.2) is 5.38 Å². The summed E-state index contributed by atoms with van der Waals surface area (Å²) in [5.41, 5.74) is -0.101. The molecule has 1 aromatic rings. The van der Waals surface area contributed by atoms with Crippen LogP contribution in [-0.2, 0) is 0 Å². The van der Waals surface area contributed by atoms with E-state index in [0.717, 1.165) is 11.5 Å². The fourth-order valence-electron chi connectivity index (χ4n) is 0.977. The Kier molecular flexibility index (Phi) is 3.54. The second kappa shape index (κ2) is 4.47. The van der Waals surface area contributed by atoms with Crippen molar-refractivity contribution in [3.05, 3.63) is 11.1 Å². The smallest absolute Gasteiger partial charge is 0.273 e. The van der Waals surface area contributed by atoms with Gasteiger partial charge in [0.2, 0.25) is 0 Å². The molecule has 1 amide bonds. The summed E-state index contributed by atoms with van der Waals surface area (Å²) < 4.78 is 3.60. The van der Waals surface area contributed by atoms with Crippen molar-refractivity contribution in [2.45, 2.75) is 25.8 Å². The molecule has 78 valence electrons. The number of aromatic nitrogens is 2. The lowest BCUT2D eigenvalue weighted by Gasteiger charge is -2.24. The van der Waals surface area contributed by atoms with Crippen molar-refractivity contribution < 1.29 is 9.90 Å². The van der Waals surface area contributed by atoms with E-state index in [1.807, 2.05) is 13.8 Å². The van der Waals surface area contributed by atoms with Gasteiger partial charge in [0.25, 0.3) is 5.91 Å². The van der Waals surface area contributed by atoms with Crippen LogP contribution >= 0.6 is 11.5 Å². The summed E-state index contributed by atoms with van der Waals surface area (Å²) in [6.07, 6.45) is 0.510. The molecule has 0 fully saturated rings. The third-order valence-electron chi connectivity index (χ3n) is 1.78. The number of carbonyl (C=O) groups is 1. The van der Waals surface area contributed by atoms with Gasteiger partial charge in [0.05, 0.1) is 0 Å². The van der Waals surface area contributed by atoms with Gasteiger partial charge in [-0.05, 0) is 31.8 Å². The monoisotopic (exact) mass is 215 g/mol. The van der Waals surface area contributed by atoms with E-state index in [9.17, 15) is 4.79 Å². The van der Waals surface area contributed by atoms with Crippen LogP contribution in [0.1, 0.15) is 30.8 Å². The second-order valence-electron chi connectivity index (χ2n) is 3.60. The number of hydrogen-bond donors (Lipinski definition) is 2. The van der Waals surface area contributed by atoms with Crippen molar-refractivity contribution in [1.29, 1.82) is 0 Å². The van der Waals surface area contributed by atoms with Crippen molar-refractivity contribution in [2.24, 2.45) is 0 Å². The molecule has 14 heavy (non-hydrogen) atoms. The van der Waals surface area contributed by atoms with Crippen LogP contribution in [0.25, 0.3) is 0 Å². The van der Waals surface area contributed by atoms with Crippen LogP contribution < -0.4 is 5.32 Å². The van der Waals surface area contributed by atoms with E-state index < -0.39 is 5.54 Å². The van der Waals surface area contributed by atoms with Gasteiger partial charge in [0.1, 0.15) is 0 Å². The summed E-state index contributed by atoms with van der Waals surface area (Å²) in [5.74, 6) is -0.253. The van der Waals surface area contributed by atoms with Gasteiger partial charge >= 0.3 is 0 Å². The van der Waals surface area contributed by atoms with Crippen molar-refractivity contribution >= 4 is 17.4 Å². The van der Waals surface area contributed by atoms with Crippen LogP contribution in [-0.4, -0.2) is 32.7 Å². The molecule has 0 radical (unpaired) electrons. The molecular weight excluding hydrogens is 202 g/mol. The minimum absolute atomic E-state index is 0.0442. The van der Waals surface area contributed by atoms with E-state index in [0.29, 0.717) is 12.1 Å². The lowest BCUT2D eigenvalue weighted by molar-refractivity contribution is 0.0894. The van der Waals surface area contributed by atoms with E-state index in [1.54, 1.807) is 5.38 Å². The quantitative estimate of drug-likeness (QED) is 0.763. The third kappa shape index (κ3) is 3.04. The maximum Gasteiger partial charge on any atom is 0.273 e. The first-order chi connectivity index (χ1) is 6.55. The SMILES string of the molecule is CC(C)(CCO)NC(=O)c1csnn1. The second-order valence-corrected chi connectivity index (χ2v) is 4.21. The predicted octanol–water partition coefficient (Wildman–Crippen LogP) is 0.429. The molecule has 1 rings (SSSR count). The Balaban J connectivity index is 2.57. The Labute approximate surface area is 86.3 Å². The number of aliphatic hydroxyl groups excluding tert-OH is 1. The zero-order valence-corrected chi connectivity index (χ0v) is 8.97. The minimum atomic E-state index is -0.421. The summed E-state index contributed by atoms with van der Waals surface area (Å²) in [6, 6.07) is 0. The molecule has 6 heteroatoms. The van der Waals surface area contributed by atoms with Crippen molar-refractivity contribution in [1.82, 2.24) is 14.9 Å². The van der Waals surface area contributed by atoms with Crippen LogP contribution in [0.5, 0.6) is 0 Å². The van der Waals surface area contributed by atoms with Gasteiger partial charge in [0.15, 0.2) is 5.69 Å². The maximum absolute atomic E-state index is 11.5. The number of carbonyl (C=O) groups excluding carboxylic acids is 1. The minimum Gasteiger partial charge on any atom is -0.396 e. The highest BCUT2D eigenvalue weighted by Crippen LogP contribution is 2.08. The molecule has 0 unspecified atom stereocenters. The van der Waals surface area contributed by atoms with Gasteiger partial charge in [-0.3, -0.25) is 4.79 Å². The van der Waals surface area contributed by atoms with Gasteiger partial charge in [-0.1, -0.05) is 4.49 Å². The largest absolute Gasteiger partial charge is 0.396 e. The van der Waals surface area contributed by atoms with E-state index in [4.69, 9.17) is 5.11 Å². The first kappa shape index (κ1) is 11.1. The first-order valence-electron chi connectivity index (χ1n) is 4.25. The Morgan fingerprint density at radius 1 is 1.71 bits per heavy atom. The molecule has 0 aliphatic carbocycles. The van der Waals surface area contributed by atoms with Crippen LogP contribution in [0.2, 0.25) is 0 Å². The fourth-order valence-corrected chi connectivity index (χ4v) is 1.41. The molecule has 0 aliphatic heterocycles. The molecule has 1 aromatic heterocycles. The molecule has 0 saturated carbocycles. The Morgan fingerprint density at radius 3 is 2.93 bits per heavy atom. The topological polar surface area (TPSA) is 75.1 Å². The number of rotatable bonds is 4. The Bertz CT molecular complexity index is 298. The summed E-state index contributed by atoms with van der Waals surface area (Å²) in [4.78, 5) is 11.5. The number of amides is 1. The van der Waals surface area contributed by atoms with Crippen molar-refractivity contribution in [2.75, 3.05) is 6.61 Å². The van der Waals surface area contributed by atoms with Gasteiger partial charge in [-0.2, -0.15) is 0 Å². The van der Waals surface area contributed by atoms with Crippen LogP contribution in [0, 0.1) is 0 Å². The van der Waals surface area contributed by atoms with Gasteiger partial charge in [-0.25, -0.2) is 0 Å². The van der Waals surface area contributed by atoms with Crippen LogP contribution in [0.3, 0.4) is 0 Å². The normalized spacial score (nSPS) is 11.4. The first-order valence-corrected chi connectivity index (χ1v) is 5.09. The van der Waals surface area contributed by atoms with E-state index >= 15 is 0 Å². The summed E-state index contributed by atoms with van der Waals surface area (Å²) in [6.45, 7) is 3.74. The summed E-state index contributed by atoms with van der Waals surface area (Å²) in [5, 5.41) is 16.8. The lowest BCUT2D eigenvalue weighted by atomic mass is 10.0. The van der Waals surface area contributed by atoms with E-state index in [1.165, 1.54) is 0 Å². The van der Waals surface area contributed by atoms with Crippen molar-refractivity contribution in [3.63, 3.8) is 0 Å². The van der Waals surface area contributed by atoms with E-state index in [-0.39, 0.29) is 12.5 Å². The molecule has 0 spiro atoms. The molecular formula is C8H13N3O2S. The summed E-state index contributed by atoms with van der Waals surface area (Å²) >= 11 is 1.14. The average Bonchev–Trinajstić information content (AvgIpc) is 2.53. The highest BCUT2D eigenvalue weighted by Gasteiger charge is 2.21. The zero-order valence-electron chi connectivity index (χ0n) is 8.15. The molecule has 0 bridgehead atoms. The Morgan fingerprint density at radius 2 is 2.43 bits per heavy atom. The highest BCUT2D eigenvalue weighted by molar-refractivity contribution is 7.03. The van der Waals surface area contributed by atoms with Crippen LogP contribution in [0.4, 0.5) is 0 Å². The average molecular weight is 215 g/mol. The molecule has 0 aromatic carbocycles. The summed E-state index contributed by atoms with van der Waals surface area (Å²) in [7, 11) is 0. The zero-order chi connectivity index (χ0) is 10.6. The number of aliphatic hydroxyl groups is 1. The number of hydrogen-bond acceptors (Lipinski definition) is 5. The van der Waals surface area contributed by atoms with E-state index in [2.05, 4.69) is 14.9 Å². The lowest BCUT2D eigenvalue weighted by Crippen LogP contribution is -2.44. The number of nitrogens with one attached hydrogen (secondary N) is 1. The molecule has 1 heterocycles. The highest BCUT2D eigenvalue weighted by atomic mass is 32.1. The molecule has 2 N–H and O–H groups in total. The molecule has 0 atom stereocenters.